The summed E-state index contributed by atoms with van der Waals surface area (Å²) in [6.45, 7) is 2.54. The Morgan fingerprint density at radius 3 is 2.42 bits per heavy atom. The van der Waals surface area contributed by atoms with Crippen molar-refractivity contribution < 1.29 is 14.3 Å². The number of hydrogen-bond donors (Lipinski definition) is 0. The maximum Gasteiger partial charge on any atom is 0.260 e. The van der Waals surface area contributed by atoms with Crippen LogP contribution in [0.2, 0.25) is 0 Å². The molecule has 1 aromatic heterocycles. The summed E-state index contributed by atoms with van der Waals surface area (Å²) in [5.74, 6) is 1.36. The van der Waals surface area contributed by atoms with E-state index in [4.69, 9.17) is 14.5 Å². The van der Waals surface area contributed by atoms with Gasteiger partial charge in [-0.2, -0.15) is 0 Å². The number of rotatable bonds is 8. The van der Waals surface area contributed by atoms with Crippen LogP contribution in [-0.2, 0) is 6.42 Å². The lowest BCUT2D eigenvalue weighted by Crippen LogP contribution is -2.32. The summed E-state index contributed by atoms with van der Waals surface area (Å²) in [6, 6.07) is 23.4. The number of hydrogen-bond acceptors (Lipinski definition) is 5. The van der Waals surface area contributed by atoms with E-state index in [9.17, 15) is 4.79 Å². The zero-order chi connectivity index (χ0) is 23.2. The third-order valence-corrected chi connectivity index (χ3v) is 6.28. The van der Waals surface area contributed by atoms with Crippen molar-refractivity contribution in [3.05, 3.63) is 94.9 Å². The molecule has 0 aliphatic heterocycles. The van der Waals surface area contributed by atoms with Crippen LogP contribution in [0.3, 0.4) is 0 Å². The van der Waals surface area contributed by atoms with Crippen molar-refractivity contribution in [2.24, 2.45) is 0 Å². The molecule has 0 unspecified atom stereocenters. The molecule has 4 rings (SSSR count). The van der Waals surface area contributed by atoms with Crippen molar-refractivity contribution in [2.45, 2.75) is 13.3 Å². The van der Waals surface area contributed by atoms with Crippen molar-refractivity contribution >= 4 is 22.4 Å². The summed E-state index contributed by atoms with van der Waals surface area (Å²) in [5.41, 5.74) is 4.50. The first-order valence-corrected chi connectivity index (χ1v) is 11.6. The first-order chi connectivity index (χ1) is 16.1. The molecular weight excluding hydrogens is 432 g/mol. The van der Waals surface area contributed by atoms with Gasteiger partial charge in [-0.3, -0.25) is 9.69 Å². The van der Waals surface area contributed by atoms with Crippen molar-refractivity contribution in [1.82, 2.24) is 4.98 Å². The summed E-state index contributed by atoms with van der Waals surface area (Å²) in [4.78, 5) is 20.1. The Bertz CT molecular complexity index is 1220. The number of amides is 1. The molecule has 1 amide bonds. The Morgan fingerprint density at radius 2 is 1.73 bits per heavy atom. The Morgan fingerprint density at radius 1 is 0.970 bits per heavy atom. The smallest absolute Gasteiger partial charge is 0.260 e. The summed E-state index contributed by atoms with van der Waals surface area (Å²) < 4.78 is 10.9. The molecule has 4 aromatic rings. The van der Waals surface area contributed by atoms with Crippen molar-refractivity contribution in [2.75, 3.05) is 25.7 Å². The SMILES string of the molecule is COc1ccc(OC)c(-c2csc(N(CCc3ccccc3)C(=O)c3ccc(C)cc3)n2)c1. The zero-order valence-corrected chi connectivity index (χ0v) is 19.8. The van der Waals surface area contributed by atoms with Crippen LogP contribution in [0, 0.1) is 6.92 Å². The van der Waals surface area contributed by atoms with E-state index in [1.807, 2.05) is 73.0 Å². The van der Waals surface area contributed by atoms with Gasteiger partial charge >= 0.3 is 0 Å². The summed E-state index contributed by atoms with van der Waals surface area (Å²) >= 11 is 1.44. The molecule has 0 saturated heterocycles. The van der Waals surface area contributed by atoms with Crippen LogP contribution in [0.5, 0.6) is 11.5 Å². The molecule has 0 spiro atoms. The molecular formula is C27H26N2O3S. The molecule has 0 saturated carbocycles. The molecule has 0 aliphatic carbocycles. The van der Waals surface area contributed by atoms with E-state index in [2.05, 4.69) is 12.1 Å². The number of ether oxygens (including phenoxy) is 2. The average molecular weight is 459 g/mol. The Kier molecular flexibility index (Phi) is 7.05. The van der Waals surface area contributed by atoms with E-state index >= 15 is 0 Å². The van der Waals surface area contributed by atoms with Gasteiger partial charge in [-0.25, -0.2) is 4.98 Å². The van der Waals surface area contributed by atoms with Crippen LogP contribution in [0.15, 0.2) is 78.2 Å². The standard InChI is InChI=1S/C27H26N2O3S/c1-19-9-11-21(12-10-19)26(30)29(16-15-20-7-5-4-6-8-20)27-28-24(18-33-27)23-17-22(31-2)13-14-25(23)32-3/h4-14,17-18H,15-16H2,1-3H3. The molecule has 0 aliphatic rings. The molecule has 1 heterocycles. The maximum atomic E-state index is 13.5. The fourth-order valence-corrected chi connectivity index (χ4v) is 4.40. The predicted octanol–water partition coefficient (Wildman–Crippen LogP) is 6.03. The first kappa shape index (κ1) is 22.6. The van der Waals surface area contributed by atoms with Gasteiger partial charge < -0.3 is 9.47 Å². The van der Waals surface area contributed by atoms with Gasteiger partial charge in [-0.15, -0.1) is 11.3 Å². The van der Waals surface area contributed by atoms with Gasteiger partial charge in [-0.05, 0) is 49.2 Å². The molecule has 0 N–H and O–H groups in total. The van der Waals surface area contributed by atoms with Gasteiger partial charge in [0.1, 0.15) is 11.5 Å². The Balaban J connectivity index is 1.68. The van der Waals surface area contributed by atoms with Crippen LogP contribution in [0.25, 0.3) is 11.3 Å². The lowest BCUT2D eigenvalue weighted by Gasteiger charge is -2.20. The number of methoxy groups -OCH3 is 2. The summed E-state index contributed by atoms with van der Waals surface area (Å²) in [7, 11) is 3.26. The lowest BCUT2D eigenvalue weighted by molar-refractivity contribution is 0.0987. The van der Waals surface area contributed by atoms with E-state index < -0.39 is 0 Å². The number of anilines is 1. The van der Waals surface area contributed by atoms with E-state index in [0.29, 0.717) is 23.0 Å². The summed E-state index contributed by atoms with van der Waals surface area (Å²) in [5, 5.41) is 2.60. The number of carbonyl (C=O) groups excluding carboxylic acids is 1. The van der Waals surface area contributed by atoms with Gasteiger partial charge in [0.05, 0.1) is 19.9 Å². The van der Waals surface area contributed by atoms with E-state index in [-0.39, 0.29) is 5.91 Å². The fraction of sp³-hybridized carbons (Fsp3) is 0.185. The predicted molar refractivity (Wildman–Crippen MR) is 134 cm³/mol. The highest BCUT2D eigenvalue weighted by molar-refractivity contribution is 7.14. The van der Waals surface area contributed by atoms with Crippen LogP contribution in [0.4, 0.5) is 5.13 Å². The largest absolute Gasteiger partial charge is 0.497 e. The quantitative estimate of drug-likeness (QED) is 0.324. The number of thiazole rings is 1. The molecule has 0 bridgehead atoms. The molecule has 33 heavy (non-hydrogen) atoms. The van der Waals surface area contributed by atoms with E-state index in [0.717, 1.165) is 29.0 Å². The topological polar surface area (TPSA) is 51.7 Å². The number of carbonyl (C=O) groups is 1. The number of aryl methyl sites for hydroxylation is 1. The highest BCUT2D eigenvalue weighted by Crippen LogP contribution is 2.36. The van der Waals surface area contributed by atoms with Crippen LogP contribution in [0.1, 0.15) is 21.5 Å². The van der Waals surface area contributed by atoms with Crippen molar-refractivity contribution in [1.29, 1.82) is 0 Å². The number of nitrogens with zero attached hydrogens (tertiary/aromatic N) is 2. The molecule has 0 radical (unpaired) electrons. The third-order valence-electron chi connectivity index (χ3n) is 5.42. The average Bonchev–Trinajstić information content (AvgIpc) is 3.34. The van der Waals surface area contributed by atoms with E-state index in [1.54, 1.807) is 19.1 Å². The van der Waals surface area contributed by atoms with Gasteiger partial charge in [0, 0.05) is 23.1 Å². The molecule has 5 nitrogen and oxygen atoms in total. The maximum absolute atomic E-state index is 13.5. The van der Waals surface area contributed by atoms with Crippen LogP contribution in [-0.4, -0.2) is 31.7 Å². The van der Waals surface area contributed by atoms with Gasteiger partial charge in [-0.1, -0.05) is 48.0 Å². The first-order valence-electron chi connectivity index (χ1n) is 10.7. The molecule has 3 aromatic carbocycles. The van der Waals surface area contributed by atoms with Crippen LogP contribution < -0.4 is 14.4 Å². The normalized spacial score (nSPS) is 10.6. The van der Waals surface area contributed by atoms with Gasteiger partial charge in [0.15, 0.2) is 5.13 Å². The molecule has 0 atom stereocenters. The highest BCUT2D eigenvalue weighted by Gasteiger charge is 2.22. The number of benzene rings is 3. The van der Waals surface area contributed by atoms with Crippen molar-refractivity contribution in [3.8, 4) is 22.8 Å². The third kappa shape index (κ3) is 5.23. The summed E-state index contributed by atoms with van der Waals surface area (Å²) in [6.07, 6.45) is 0.732. The second kappa shape index (κ2) is 10.3. The Labute approximate surface area is 198 Å². The highest BCUT2D eigenvalue weighted by atomic mass is 32.1. The van der Waals surface area contributed by atoms with Crippen LogP contribution >= 0.6 is 11.3 Å². The van der Waals surface area contributed by atoms with Crippen molar-refractivity contribution in [3.63, 3.8) is 0 Å². The minimum atomic E-state index is -0.0653. The monoisotopic (exact) mass is 458 g/mol. The lowest BCUT2D eigenvalue weighted by atomic mass is 10.1. The second-order valence-electron chi connectivity index (χ2n) is 7.64. The number of aromatic nitrogens is 1. The van der Waals surface area contributed by atoms with Gasteiger partial charge in [0.2, 0.25) is 0 Å². The zero-order valence-electron chi connectivity index (χ0n) is 18.9. The molecule has 0 fully saturated rings. The molecule has 168 valence electrons. The fourth-order valence-electron chi connectivity index (χ4n) is 3.55. The van der Waals surface area contributed by atoms with Gasteiger partial charge in [0.25, 0.3) is 5.91 Å². The second-order valence-corrected chi connectivity index (χ2v) is 8.48. The molecule has 6 heteroatoms. The minimum Gasteiger partial charge on any atom is -0.497 e. The van der Waals surface area contributed by atoms with E-state index in [1.165, 1.54) is 16.9 Å². The Hall–Kier alpha value is -3.64. The minimum absolute atomic E-state index is 0.0653.